The minimum Gasteiger partial charge on any atom is -0.444 e. The van der Waals surface area contributed by atoms with Gasteiger partial charge in [0.25, 0.3) is 0 Å². The van der Waals surface area contributed by atoms with Crippen LogP contribution in [0.4, 0.5) is 10.5 Å². The van der Waals surface area contributed by atoms with Crippen LogP contribution in [-0.2, 0) is 26.2 Å². The van der Waals surface area contributed by atoms with Crippen LogP contribution in [0, 0.1) is 0 Å². The first-order valence-corrected chi connectivity index (χ1v) is 10.8. The van der Waals surface area contributed by atoms with Gasteiger partial charge in [0.15, 0.2) is 0 Å². The van der Waals surface area contributed by atoms with Gasteiger partial charge < -0.3 is 9.64 Å². The Kier molecular flexibility index (Phi) is 6.86. The van der Waals surface area contributed by atoms with E-state index in [4.69, 9.17) is 4.74 Å². The van der Waals surface area contributed by atoms with Crippen molar-refractivity contribution in [1.29, 1.82) is 0 Å². The van der Waals surface area contributed by atoms with E-state index >= 15 is 0 Å². The topological polar surface area (TPSA) is 96.0 Å². The van der Waals surface area contributed by atoms with Crippen molar-refractivity contribution in [1.82, 2.24) is 9.21 Å². The van der Waals surface area contributed by atoms with E-state index in [0.29, 0.717) is 18.8 Å². The molecule has 1 aliphatic heterocycles. The van der Waals surface area contributed by atoms with Gasteiger partial charge in [-0.15, -0.1) is 0 Å². The molecule has 30 heavy (non-hydrogen) atoms. The van der Waals surface area contributed by atoms with Crippen molar-refractivity contribution in [3.8, 4) is 0 Å². The number of carbonyl (C=O) groups is 2. The Morgan fingerprint density at radius 1 is 1.00 bits per heavy atom. The third kappa shape index (κ3) is 5.25. The predicted molar refractivity (Wildman–Crippen MR) is 112 cm³/mol. The standard InChI is InChI=1S/C21H23N3O5S/c1-2-20(25)23-12-14-24(15-13-23)30(27,28)19-10-8-18(9-11-19)22-21(26)29-16-17-6-4-3-5-7-17/h2-11H,1,12-16H2,(H,22,26). The molecule has 0 aromatic heterocycles. The zero-order valence-corrected chi connectivity index (χ0v) is 17.2. The number of nitrogens with one attached hydrogen (secondary N) is 1. The van der Waals surface area contributed by atoms with Gasteiger partial charge in [0.2, 0.25) is 15.9 Å². The van der Waals surface area contributed by atoms with Crippen LogP contribution in [0.1, 0.15) is 5.56 Å². The molecule has 3 rings (SSSR count). The van der Waals surface area contributed by atoms with E-state index in [2.05, 4.69) is 11.9 Å². The zero-order chi connectivity index (χ0) is 21.6. The van der Waals surface area contributed by atoms with E-state index in [1.165, 1.54) is 34.6 Å². The number of carbonyl (C=O) groups excluding carboxylic acids is 2. The Hall–Kier alpha value is -3.17. The minimum absolute atomic E-state index is 0.120. The molecule has 1 heterocycles. The Morgan fingerprint density at radius 3 is 2.23 bits per heavy atom. The summed E-state index contributed by atoms with van der Waals surface area (Å²) in [5.74, 6) is -0.207. The lowest BCUT2D eigenvalue weighted by Crippen LogP contribution is -2.50. The lowest BCUT2D eigenvalue weighted by molar-refractivity contribution is -0.127. The first-order valence-electron chi connectivity index (χ1n) is 9.39. The highest BCUT2D eigenvalue weighted by Crippen LogP contribution is 2.20. The Morgan fingerprint density at radius 2 is 1.63 bits per heavy atom. The maximum Gasteiger partial charge on any atom is 0.411 e. The average Bonchev–Trinajstić information content (AvgIpc) is 2.78. The summed E-state index contributed by atoms with van der Waals surface area (Å²) in [5, 5.41) is 2.57. The summed E-state index contributed by atoms with van der Waals surface area (Å²) in [4.78, 5) is 25.2. The van der Waals surface area contributed by atoms with Crippen LogP contribution in [0.5, 0.6) is 0 Å². The molecule has 8 nitrogen and oxygen atoms in total. The van der Waals surface area contributed by atoms with Crippen molar-refractivity contribution in [3.05, 3.63) is 72.8 Å². The highest BCUT2D eigenvalue weighted by molar-refractivity contribution is 7.89. The first kappa shape index (κ1) is 21.5. The maximum absolute atomic E-state index is 12.8. The zero-order valence-electron chi connectivity index (χ0n) is 16.4. The summed E-state index contributed by atoms with van der Waals surface area (Å²) >= 11 is 0. The quantitative estimate of drug-likeness (QED) is 0.712. The van der Waals surface area contributed by atoms with E-state index in [-0.39, 0.29) is 30.5 Å². The Labute approximate surface area is 175 Å². The molecule has 158 valence electrons. The fourth-order valence-corrected chi connectivity index (χ4v) is 4.44. The minimum atomic E-state index is -3.68. The first-order chi connectivity index (χ1) is 14.4. The number of ether oxygens (including phenoxy) is 1. The van der Waals surface area contributed by atoms with Gasteiger partial charge in [0, 0.05) is 31.9 Å². The number of hydrogen-bond donors (Lipinski definition) is 1. The van der Waals surface area contributed by atoms with E-state index in [1.54, 1.807) is 4.90 Å². The van der Waals surface area contributed by atoms with Gasteiger partial charge >= 0.3 is 6.09 Å². The van der Waals surface area contributed by atoms with Crippen LogP contribution >= 0.6 is 0 Å². The van der Waals surface area contributed by atoms with Crippen molar-refractivity contribution in [2.45, 2.75) is 11.5 Å². The van der Waals surface area contributed by atoms with Gasteiger partial charge in [-0.2, -0.15) is 4.31 Å². The summed E-state index contributed by atoms with van der Waals surface area (Å²) in [5.41, 5.74) is 1.29. The number of anilines is 1. The second-order valence-corrected chi connectivity index (χ2v) is 8.58. The number of hydrogen-bond acceptors (Lipinski definition) is 5. The number of nitrogens with zero attached hydrogens (tertiary/aromatic N) is 2. The molecule has 1 fully saturated rings. The van der Waals surface area contributed by atoms with Crippen molar-refractivity contribution in [2.75, 3.05) is 31.5 Å². The molecular formula is C21H23N3O5S. The van der Waals surface area contributed by atoms with Gasteiger partial charge in [-0.3, -0.25) is 10.1 Å². The number of amides is 2. The van der Waals surface area contributed by atoms with Crippen LogP contribution < -0.4 is 5.32 Å². The van der Waals surface area contributed by atoms with Crippen LogP contribution in [0.3, 0.4) is 0 Å². The lowest BCUT2D eigenvalue weighted by atomic mass is 10.2. The summed E-state index contributed by atoms with van der Waals surface area (Å²) in [7, 11) is -3.68. The molecule has 1 N–H and O–H groups in total. The monoisotopic (exact) mass is 429 g/mol. The SMILES string of the molecule is C=CC(=O)N1CCN(S(=O)(=O)c2ccc(NC(=O)OCc3ccccc3)cc2)CC1. The van der Waals surface area contributed by atoms with E-state index in [1.807, 2.05) is 30.3 Å². The molecule has 2 aromatic carbocycles. The molecule has 1 saturated heterocycles. The Balaban J connectivity index is 1.56. The number of sulfonamides is 1. The highest BCUT2D eigenvalue weighted by atomic mass is 32.2. The molecule has 0 bridgehead atoms. The molecular weight excluding hydrogens is 406 g/mol. The summed E-state index contributed by atoms with van der Waals surface area (Å²) in [6.07, 6.45) is 0.596. The second kappa shape index (κ2) is 9.55. The molecule has 2 aromatic rings. The number of benzene rings is 2. The van der Waals surface area contributed by atoms with Crippen LogP contribution in [0.15, 0.2) is 72.1 Å². The van der Waals surface area contributed by atoms with E-state index < -0.39 is 16.1 Å². The molecule has 0 spiro atoms. The van der Waals surface area contributed by atoms with Crippen molar-refractivity contribution in [3.63, 3.8) is 0 Å². The van der Waals surface area contributed by atoms with Gasteiger partial charge in [-0.1, -0.05) is 36.9 Å². The Bertz CT molecular complexity index is 999. The molecule has 0 unspecified atom stereocenters. The van der Waals surface area contributed by atoms with Crippen LogP contribution in [0.2, 0.25) is 0 Å². The number of rotatable bonds is 6. The van der Waals surface area contributed by atoms with Crippen LogP contribution in [0.25, 0.3) is 0 Å². The molecule has 2 amide bonds. The fraction of sp³-hybridized carbons (Fsp3) is 0.238. The van der Waals surface area contributed by atoms with Crippen LogP contribution in [-0.4, -0.2) is 55.8 Å². The largest absolute Gasteiger partial charge is 0.444 e. The lowest BCUT2D eigenvalue weighted by Gasteiger charge is -2.33. The fourth-order valence-electron chi connectivity index (χ4n) is 3.01. The second-order valence-electron chi connectivity index (χ2n) is 6.64. The third-order valence-corrected chi connectivity index (χ3v) is 6.59. The molecule has 9 heteroatoms. The molecule has 0 aliphatic carbocycles. The normalized spacial score (nSPS) is 14.7. The third-order valence-electron chi connectivity index (χ3n) is 4.68. The maximum atomic E-state index is 12.8. The molecule has 0 radical (unpaired) electrons. The molecule has 1 aliphatic rings. The van der Waals surface area contributed by atoms with Gasteiger partial charge in [0.1, 0.15) is 6.61 Å². The van der Waals surface area contributed by atoms with Crippen molar-refractivity contribution < 1.29 is 22.7 Å². The van der Waals surface area contributed by atoms with Gasteiger partial charge in [0.05, 0.1) is 4.90 Å². The van der Waals surface area contributed by atoms with E-state index in [9.17, 15) is 18.0 Å². The summed E-state index contributed by atoms with van der Waals surface area (Å²) in [6.45, 7) is 4.65. The van der Waals surface area contributed by atoms with E-state index in [0.717, 1.165) is 5.56 Å². The smallest absolute Gasteiger partial charge is 0.411 e. The van der Waals surface area contributed by atoms with Crippen molar-refractivity contribution in [2.24, 2.45) is 0 Å². The summed E-state index contributed by atoms with van der Waals surface area (Å²) < 4.78 is 32.1. The predicted octanol–water partition coefficient (Wildman–Crippen LogP) is 2.45. The summed E-state index contributed by atoms with van der Waals surface area (Å²) in [6, 6.07) is 15.2. The molecule has 0 atom stereocenters. The van der Waals surface area contributed by atoms with Gasteiger partial charge in [-0.25, -0.2) is 13.2 Å². The average molecular weight is 429 g/mol. The highest BCUT2D eigenvalue weighted by Gasteiger charge is 2.29. The number of piperazine rings is 1. The molecule has 0 saturated carbocycles. The van der Waals surface area contributed by atoms with Gasteiger partial charge in [-0.05, 0) is 35.9 Å². The van der Waals surface area contributed by atoms with Crippen molar-refractivity contribution >= 4 is 27.7 Å².